The van der Waals surface area contributed by atoms with Gasteiger partial charge in [-0.15, -0.1) is 0 Å². The quantitative estimate of drug-likeness (QED) is 0.568. The van der Waals surface area contributed by atoms with Crippen molar-refractivity contribution in [3.8, 4) is 5.75 Å². The van der Waals surface area contributed by atoms with Crippen LogP contribution in [0.25, 0.3) is 10.8 Å². The summed E-state index contributed by atoms with van der Waals surface area (Å²) in [5, 5.41) is 15.8. The van der Waals surface area contributed by atoms with Crippen LogP contribution in [0.4, 0.5) is 0 Å². The number of fused-ring (bicyclic) bond motifs is 1. The average Bonchev–Trinajstić information content (AvgIpc) is 2.57. The van der Waals surface area contributed by atoms with Crippen LogP contribution in [0.5, 0.6) is 5.75 Å². The number of rotatable bonds is 3. The second-order valence-electron chi connectivity index (χ2n) is 5.76. The number of aromatic hydroxyl groups is 1. The average molecular weight is 318 g/mol. The molecule has 1 amide bonds. The van der Waals surface area contributed by atoms with Crippen molar-refractivity contribution in [2.75, 3.05) is 0 Å². The fourth-order valence-corrected chi connectivity index (χ4v) is 2.48. The van der Waals surface area contributed by atoms with Gasteiger partial charge in [0.25, 0.3) is 5.91 Å². The number of aryl methyl sites for hydroxylation is 2. The third-order valence-corrected chi connectivity index (χ3v) is 4.02. The molecule has 24 heavy (non-hydrogen) atoms. The Balaban J connectivity index is 1.78. The van der Waals surface area contributed by atoms with E-state index >= 15 is 0 Å². The van der Waals surface area contributed by atoms with Gasteiger partial charge in [0.2, 0.25) is 0 Å². The number of amides is 1. The van der Waals surface area contributed by atoms with Crippen LogP contribution in [-0.4, -0.2) is 17.2 Å². The lowest BCUT2D eigenvalue weighted by molar-refractivity contribution is 0.0952. The van der Waals surface area contributed by atoms with E-state index in [0.717, 1.165) is 21.9 Å². The summed E-state index contributed by atoms with van der Waals surface area (Å²) in [4.78, 5) is 12.2. The fourth-order valence-electron chi connectivity index (χ4n) is 2.48. The predicted molar refractivity (Wildman–Crippen MR) is 96.6 cm³/mol. The number of phenolic OH excluding ortho intramolecular Hbond substituents is 1. The Bertz CT molecular complexity index is 946. The molecule has 2 N–H and O–H groups in total. The highest BCUT2D eigenvalue weighted by Gasteiger charge is 2.11. The molecule has 0 radical (unpaired) electrons. The molecule has 0 bridgehead atoms. The van der Waals surface area contributed by atoms with Gasteiger partial charge in [-0.3, -0.25) is 4.79 Å². The molecule has 120 valence electrons. The summed E-state index contributed by atoms with van der Waals surface area (Å²) in [6.07, 6.45) is 1.59. The summed E-state index contributed by atoms with van der Waals surface area (Å²) < 4.78 is 0. The first kappa shape index (κ1) is 15.7. The van der Waals surface area contributed by atoms with Gasteiger partial charge in [-0.1, -0.05) is 42.5 Å². The molecular weight excluding hydrogens is 300 g/mol. The molecule has 0 saturated heterocycles. The predicted octanol–water partition coefficient (Wildman–Crippen LogP) is 3.93. The number of hydrogen-bond donors (Lipinski definition) is 2. The van der Waals surface area contributed by atoms with Crippen LogP contribution >= 0.6 is 0 Å². The number of carbonyl (C=O) groups is 1. The van der Waals surface area contributed by atoms with Crippen LogP contribution < -0.4 is 5.43 Å². The van der Waals surface area contributed by atoms with Gasteiger partial charge < -0.3 is 5.11 Å². The van der Waals surface area contributed by atoms with Crippen LogP contribution in [0.15, 0.2) is 59.7 Å². The summed E-state index contributed by atoms with van der Waals surface area (Å²) in [6, 6.07) is 16.7. The van der Waals surface area contributed by atoms with Gasteiger partial charge in [0, 0.05) is 0 Å². The second kappa shape index (κ2) is 6.54. The molecule has 0 unspecified atom stereocenters. The highest BCUT2D eigenvalue weighted by Crippen LogP contribution is 2.24. The maximum absolute atomic E-state index is 12.2. The Labute approximate surface area is 140 Å². The number of nitrogens with zero attached hydrogens (tertiary/aromatic N) is 1. The third kappa shape index (κ3) is 3.27. The summed E-state index contributed by atoms with van der Waals surface area (Å²) >= 11 is 0. The molecule has 3 aromatic carbocycles. The molecule has 0 aromatic heterocycles. The maximum atomic E-state index is 12.2. The zero-order chi connectivity index (χ0) is 17.1. The van der Waals surface area contributed by atoms with E-state index in [1.807, 2.05) is 56.3 Å². The SMILES string of the molecule is Cc1ccc(/C=N/NC(=O)c2cc3ccccc3cc2O)cc1C. The Morgan fingerprint density at radius 2 is 1.71 bits per heavy atom. The van der Waals surface area contributed by atoms with Gasteiger partial charge in [0.1, 0.15) is 5.75 Å². The first-order valence-electron chi connectivity index (χ1n) is 7.67. The first-order valence-corrected chi connectivity index (χ1v) is 7.67. The minimum atomic E-state index is -0.446. The van der Waals surface area contributed by atoms with E-state index in [1.54, 1.807) is 18.3 Å². The smallest absolute Gasteiger partial charge is 0.275 e. The van der Waals surface area contributed by atoms with Gasteiger partial charge in [0.05, 0.1) is 11.8 Å². The van der Waals surface area contributed by atoms with E-state index < -0.39 is 5.91 Å². The minimum absolute atomic E-state index is 0.0624. The number of carbonyl (C=O) groups excluding carboxylic acids is 1. The Morgan fingerprint density at radius 1 is 1.00 bits per heavy atom. The molecular formula is C20H18N2O2. The van der Waals surface area contributed by atoms with Crippen molar-refractivity contribution in [2.45, 2.75) is 13.8 Å². The summed E-state index contributed by atoms with van der Waals surface area (Å²) in [7, 11) is 0. The van der Waals surface area contributed by atoms with Crippen LogP contribution in [0.1, 0.15) is 27.0 Å². The Morgan fingerprint density at radius 3 is 2.42 bits per heavy atom. The minimum Gasteiger partial charge on any atom is -0.507 e. The number of hydrazone groups is 1. The molecule has 4 heteroatoms. The Kier molecular flexibility index (Phi) is 4.29. The van der Waals surface area contributed by atoms with E-state index in [4.69, 9.17) is 0 Å². The molecule has 0 atom stereocenters. The molecule has 3 aromatic rings. The number of hydrogen-bond acceptors (Lipinski definition) is 3. The second-order valence-corrected chi connectivity index (χ2v) is 5.76. The summed E-state index contributed by atoms with van der Waals surface area (Å²) in [6.45, 7) is 4.07. The van der Waals surface area contributed by atoms with Crippen molar-refractivity contribution in [2.24, 2.45) is 5.10 Å². The molecule has 4 nitrogen and oxygen atoms in total. The van der Waals surface area contributed by atoms with Crippen LogP contribution in [0.3, 0.4) is 0 Å². The summed E-state index contributed by atoms with van der Waals surface area (Å²) in [5.74, 6) is -0.508. The molecule has 3 rings (SSSR count). The molecule has 0 saturated carbocycles. The lowest BCUT2D eigenvalue weighted by atomic mass is 10.1. The zero-order valence-electron chi connectivity index (χ0n) is 13.6. The highest BCUT2D eigenvalue weighted by molar-refractivity contribution is 6.01. The van der Waals surface area contributed by atoms with Gasteiger partial charge in [0.15, 0.2) is 0 Å². The number of benzene rings is 3. The maximum Gasteiger partial charge on any atom is 0.275 e. The number of phenols is 1. The van der Waals surface area contributed by atoms with Crippen molar-refractivity contribution in [3.63, 3.8) is 0 Å². The van der Waals surface area contributed by atoms with Gasteiger partial charge in [-0.25, -0.2) is 5.43 Å². The third-order valence-electron chi connectivity index (χ3n) is 4.02. The van der Waals surface area contributed by atoms with Crippen molar-refractivity contribution in [1.29, 1.82) is 0 Å². The largest absolute Gasteiger partial charge is 0.507 e. The molecule has 0 aliphatic heterocycles. The standard InChI is InChI=1S/C20H18N2O2/c1-13-7-8-15(9-14(13)2)12-21-22-20(24)18-10-16-5-3-4-6-17(16)11-19(18)23/h3-12,23H,1-2H3,(H,22,24)/b21-12+. The lowest BCUT2D eigenvalue weighted by Gasteiger charge is -2.06. The van der Waals surface area contributed by atoms with Crippen molar-refractivity contribution in [1.82, 2.24) is 5.43 Å². The van der Waals surface area contributed by atoms with Crippen molar-refractivity contribution >= 4 is 22.9 Å². The van der Waals surface area contributed by atoms with E-state index in [0.29, 0.717) is 0 Å². The van der Waals surface area contributed by atoms with Gasteiger partial charge in [-0.05, 0) is 53.4 Å². The molecule has 0 fully saturated rings. The number of nitrogens with one attached hydrogen (secondary N) is 1. The lowest BCUT2D eigenvalue weighted by Crippen LogP contribution is -2.17. The van der Waals surface area contributed by atoms with E-state index in [-0.39, 0.29) is 11.3 Å². The van der Waals surface area contributed by atoms with Crippen molar-refractivity contribution < 1.29 is 9.90 Å². The van der Waals surface area contributed by atoms with E-state index in [2.05, 4.69) is 10.5 Å². The first-order chi connectivity index (χ1) is 11.5. The normalized spacial score (nSPS) is 11.1. The molecule has 0 spiro atoms. The molecule has 0 aliphatic carbocycles. The Hall–Kier alpha value is -3.14. The van der Waals surface area contributed by atoms with Gasteiger partial charge in [-0.2, -0.15) is 5.10 Å². The van der Waals surface area contributed by atoms with Crippen LogP contribution in [-0.2, 0) is 0 Å². The van der Waals surface area contributed by atoms with Crippen LogP contribution in [0, 0.1) is 13.8 Å². The molecule has 0 heterocycles. The summed E-state index contributed by atoms with van der Waals surface area (Å²) in [5.41, 5.74) is 5.93. The highest BCUT2D eigenvalue weighted by atomic mass is 16.3. The van der Waals surface area contributed by atoms with E-state index in [9.17, 15) is 9.90 Å². The van der Waals surface area contributed by atoms with Crippen LogP contribution in [0.2, 0.25) is 0 Å². The van der Waals surface area contributed by atoms with Crippen molar-refractivity contribution in [3.05, 3.63) is 76.9 Å². The topological polar surface area (TPSA) is 61.7 Å². The zero-order valence-corrected chi connectivity index (χ0v) is 13.6. The van der Waals surface area contributed by atoms with E-state index in [1.165, 1.54) is 5.56 Å². The monoisotopic (exact) mass is 318 g/mol. The van der Waals surface area contributed by atoms with Gasteiger partial charge >= 0.3 is 0 Å². The fraction of sp³-hybridized carbons (Fsp3) is 0.100. The molecule has 0 aliphatic rings.